The molecule has 0 unspecified atom stereocenters. The minimum Gasteiger partial charge on any atom is -0.444 e. The summed E-state index contributed by atoms with van der Waals surface area (Å²) < 4.78 is 5.43. The summed E-state index contributed by atoms with van der Waals surface area (Å²) in [6.45, 7) is 11.5. The number of nitrogens with zero attached hydrogens (tertiary/aromatic N) is 2. The molecular weight excluding hydrogens is 444 g/mol. The Kier molecular flexibility index (Phi) is 6.74. The maximum Gasteiger partial charge on any atom is 0.410 e. The van der Waals surface area contributed by atoms with Crippen molar-refractivity contribution >= 4 is 35.2 Å². The summed E-state index contributed by atoms with van der Waals surface area (Å²) >= 11 is 0. The molecule has 8 heteroatoms. The fraction of sp³-hybridized carbons (Fsp3) is 0.444. The third-order valence-electron chi connectivity index (χ3n) is 6.50. The van der Waals surface area contributed by atoms with E-state index in [0.717, 1.165) is 33.8 Å². The molecule has 3 heterocycles. The zero-order valence-electron chi connectivity index (χ0n) is 21.2. The Balaban J connectivity index is 1.37. The number of aryl methyl sites for hydroxylation is 1. The number of aromatic nitrogens is 1. The Morgan fingerprint density at radius 3 is 2.40 bits per heavy atom. The lowest BCUT2D eigenvalue weighted by Crippen LogP contribution is -2.51. The third-order valence-corrected chi connectivity index (χ3v) is 6.50. The lowest BCUT2D eigenvalue weighted by molar-refractivity contribution is -0.132. The number of nitrogens with one attached hydrogen (secondary N) is 2. The molecule has 0 radical (unpaired) electrons. The van der Waals surface area contributed by atoms with Gasteiger partial charge in [0.1, 0.15) is 5.60 Å². The first kappa shape index (κ1) is 24.6. The zero-order chi connectivity index (χ0) is 25.3. The van der Waals surface area contributed by atoms with Gasteiger partial charge >= 0.3 is 6.09 Å². The smallest absolute Gasteiger partial charge is 0.410 e. The fourth-order valence-corrected chi connectivity index (χ4v) is 4.62. The van der Waals surface area contributed by atoms with E-state index < -0.39 is 5.60 Å². The SMILES string of the molecule is Cc1[nH]c(C=C2C(=O)Nc3ccccc32)c(C)c1CCC(=O)N1CCN(C(=O)OC(C)(C)C)CC1. The Hall–Kier alpha value is -3.55. The number of ether oxygens (including phenoxy) is 1. The first-order chi connectivity index (χ1) is 16.5. The third kappa shape index (κ3) is 5.42. The minimum absolute atomic E-state index is 0.0813. The van der Waals surface area contributed by atoms with Crippen LogP contribution < -0.4 is 5.32 Å². The molecule has 0 atom stereocenters. The normalized spacial score (nSPS) is 16.9. The number of H-pyrrole nitrogens is 1. The molecule has 2 aromatic rings. The highest BCUT2D eigenvalue weighted by atomic mass is 16.6. The number of benzene rings is 1. The van der Waals surface area contributed by atoms with Gasteiger partial charge in [-0.15, -0.1) is 0 Å². The molecule has 2 N–H and O–H groups in total. The highest BCUT2D eigenvalue weighted by molar-refractivity contribution is 6.34. The van der Waals surface area contributed by atoms with E-state index in [1.165, 1.54) is 0 Å². The highest BCUT2D eigenvalue weighted by Gasteiger charge is 2.28. The molecular formula is C27H34N4O4. The van der Waals surface area contributed by atoms with Crippen LogP contribution in [0.5, 0.6) is 0 Å². The summed E-state index contributed by atoms with van der Waals surface area (Å²) in [7, 11) is 0. The number of carbonyl (C=O) groups is 3. The van der Waals surface area contributed by atoms with Crippen molar-refractivity contribution in [3.8, 4) is 0 Å². The lowest BCUT2D eigenvalue weighted by atomic mass is 10.0. The molecule has 1 saturated heterocycles. The number of aromatic amines is 1. The quantitative estimate of drug-likeness (QED) is 0.646. The van der Waals surface area contributed by atoms with Crippen LogP contribution in [-0.2, 0) is 20.7 Å². The number of rotatable bonds is 4. The second-order valence-electron chi connectivity index (χ2n) is 10.2. The van der Waals surface area contributed by atoms with E-state index in [0.29, 0.717) is 44.6 Å². The topological polar surface area (TPSA) is 94.7 Å². The Labute approximate surface area is 206 Å². The Bertz CT molecular complexity index is 1180. The molecule has 8 nitrogen and oxygen atoms in total. The van der Waals surface area contributed by atoms with E-state index in [1.807, 2.05) is 69.9 Å². The number of anilines is 1. The molecule has 2 aliphatic rings. The molecule has 3 amide bonds. The van der Waals surface area contributed by atoms with E-state index in [4.69, 9.17) is 4.74 Å². The maximum absolute atomic E-state index is 12.9. The average molecular weight is 479 g/mol. The predicted octanol–water partition coefficient (Wildman–Crippen LogP) is 4.14. The van der Waals surface area contributed by atoms with Crippen LogP contribution in [-0.4, -0.2) is 64.5 Å². The molecule has 0 saturated carbocycles. The summed E-state index contributed by atoms with van der Waals surface area (Å²) in [6, 6.07) is 7.65. The molecule has 0 bridgehead atoms. The molecule has 2 aliphatic heterocycles. The predicted molar refractivity (Wildman–Crippen MR) is 136 cm³/mol. The van der Waals surface area contributed by atoms with Crippen molar-refractivity contribution < 1.29 is 19.1 Å². The molecule has 186 valence electrons. The van der Waals surface area contributed by atoms with Gasteiger partial charge in [-0.05, 0) is 64.3 Å². The second-order valence-corrected chi connectivity index (χ2v) is 10.2. The van der Waals surface area contributed by atoms with Gasteiger partial charge in [0.15, 0.2) is 0 Å². The van der Waals surface area contributed by atoms with Crippen LogP contribution in [0, 0.1) is 13.8 Å². The number of hydrogen-bond donors (Lipinski definition) is 2. The van der Waals surface area contributed by atoms with Gasteiger partial charge in [-0.2, -0.15) is 0 Å². The summed E-state index contributed by atoms with van der Waals surface area (Å²) in [5.41, 5.74) is 5.86. The van der Waals surface area contributed by atoms with Crippen LogP contribution in [0.3, 0.4) is 0 Å². The summed E-state index contributed by atoms with van der Waals surface area (Å²) in [5, 5.41) is 2.90. The zero-order valence-corrected chi connectivity index (χ0v) is 21.2. The van der Waals surface area contributed by atoms with Crippen LogP contribution in [0.15, 0.2) is 24.3 Å². The average Bonchev–Trinajstić information content (AvgIpc) is 3.26. The van der Waals surface area contributed by atoms with Crippen molar-refractivity contribution in [3.05, 3.63) is 52.3 Å². The van der Waals surface area contributed by atoms with Gasteiger partial charge in [0.2, 0.25) is 5.91 Å². The van der Waals surface area contributed by atoms with Crippen LogP contribution in [0.2, 0.25) is 0 Å². The highest BCUT2D eigenvalue weighted by Crippen LogP contribution is 2.33. The van der Waals surface area contributed by atoms with Gasteiger partial charge in [-0.25, -0.2) is 4.79 Å². The van der Waals surface area contributed by atoms with Crippen molar-refractivity contribution in [2.24, 2.45) is 0 Å². The van der Waals surface area contributed by atoms with Crippen molar-refractivity contribution in [1.82, 2.24) is 14.8 Å². The molecule has 35 heavy (non-hydrogen) atoms. The largest absolute Gasteiger partial charge is 0.444 e. The van der Waals surface area contributed by atoms with E-state index >= 15 is 0 Å². The fourth-order valence-electron chi connectivity index (χ4n) is 4.62. The number of carbonyl (C=O) groups excluding carboxylic acids is 3. The molecule has 0 aliphatic carbocycles. The van der Waals surface area contributed by atoms with Gasteiger partial charge in [0.05, 0.1) is 5.57 Å². The molecule has 4 rings (SSSR count). The van der Waals surface area contributed by atoms with E-state index in [1.54, 1.807) is 4.90 Å². The second kappa shape index (κ2) is 9.60. The first-order valence-electron chi connectivity index (χ1n) is 12.1. The summed E-state index contributed by atoms with van der Waals surface area (Å²) in [4.78, 5) is 44.5. The van der Waals surface area contributed by atoms with Crippen molar-refractivity contribution in [3.63, 3.8) is 0 Å². The van der Waals surface area contributed by atoms with Gasteiger partial charge in [-0.1, -0.05) is 18.2 Å². The van der Waals surface area contributed by atoms with Crippen LogP contribution >= 0.6 is 0 Å². The molecule has 1 aromatic carbocycles. The van der Waals surface area contributed by atoms with E-state index in [9.17, 15) is 14.4 Å². The van der Waals surface area contributed by atoms with E-state index in [2.05, 4.69) is 10.3 Å². The van der Waals surface area contributed by atoms with Gasteiger partial charge in [0.25, 0.3) is 5.91 Å². The minimum atomic E-state index is -0.532. The van der Waals surface area contributed by atoms with Crippen molar-refractivity contribution in [2.75, 3.05) is 31.5 Å². The Morgan fingerprint density at radius 1 is 1.06 bits per heavy atom. The van der Waals surface area contributed by atoms with Crippen molar-refractivity contribution in [1.29, 1.82) is 0 Å². The van der Waals surface area contributed by atoms with E-state index in [-0.39, 0.29) is 17.9 Å². The number of piperazine rings is 1. The number of para-hydroxylation sites is 1. The van der Waals surface area contributed by atoms with Gasteiger partial charge in [0, 0.05) is 55.2 Å². The number of amides is 3. The summed E-state index contributed by atoms with van der Waals surface area (Å²) in [6.07, 6.45) is 2.57. The Morgan fingerprint density at radius 2 is 1.71 bits per heavy atom. The monoisotopic (exact) mass is 478 g/mol. The van der Waals surface area contributed by atoms with Crippen molar-refractivity contribution in [2.45, 2.75) is 53.1 Å². The summed E-state index contributed by atoms with van der Waals surface area (Å²) in [5.74, 6) is -0.0297. The maximum atomic E-state index is 12.9. The van der Waals surface area contributed by atoms with Crippen LogP contribution in [0.25, 0.3) is 11.6 Å². The number of fused-ring (bicyclic) bond motifs is 1. The standard InChI is InChI=1S/C27H34N4O4/c1-17-19(10-11-24(32)30-12-14-31(15-13-30)26(34)35-27(3,4)5)18(2)28-23(17)16-21-20-8-6-7-9-22(20)29-25(21)33/h6-9,16,28H,10-15H2,1-5H3,(H,29,33). The van der Waals surface area contributed by atoms with Crippen LogP contribution in [0.1, 0.15) is 55.3 Å². The first-order valence-corrected chi connectivity index (χ1v) is 12.1. The van der Waals surface area contributed by atoms with Gasteiger partial charge in [-0.3, -0.25) is 9.59 Å². The van der Waals surface area contributed by atoms with Gasteiger partial charge < -0.3 is 24.8 Å². The van der Waals surface area contributed by atoms with Crippen LogP contribution in [0.4, 0.5) is 10.5 Å². The number of hydrogen-bond acceptors (Lipinski definition) is 4. The molecule has 1 fully saturated rings. The molecule has 1 aromatic heterocycles. The molecule has 0 spiro atoms. The lowest BCUT2D eigenvalue weighted by Gasteiger charge is -2.35.